The maximum absolute atomic E-state index is 13.3. The van der Waals surface area contributed by atoms with Gasteiger partial charge in [-0.2, -0.15) is 5.26 Å². The first kappa shape index (κ1) is 24.1. The topological polar surface area (TPSA) is 99.5 Å². The molecule has 1 aliphatic heterocycles. The van der Waals surface area contributed by atoms with E-state index in [1.165, 1.54) is 7.11 Å². The van der Waals surface area contributed by atoms with Gasteiger partial charge in [0.25, 0.3) is 5.91 Å². The van der Waals surface area contributed by atoms with Crippen LogP contribution in [0, 0.1) is 22.7 Å². The molecule has 1 N–H and O–H groups in total. The Kier molecular flexibility index (Phi) is 8.38. The number of benzene rings is 1. The number of likely N-dealkylation sites (tertiary alicyclic amines) is 1. The number of hydrogen-bond acceptors (Lipinski definition) is 5. The van der Waals surface area contributed by atoms with Crippen LogP contribution in [0.15, 0.2) is 36.4 Å². The minimum atomic E-state index is -0.857. The number of esters is 1. The molecule has 1 aromatic carbocycles. The van der Waals surface area contributed by atoms with Crippen molar-refractivity contribution in [2.45, 2.75) is 46.1 Å². The van der Waals surface area contributed by atoms with Crippen molar-refractivity contribution in [2.24, 2.45) is 11.3 Å². The lowest BCUT2D eigenvalue weighted by atomic mass is 9.81. The fraction of sp³-hybridized carbons (Fsp3) is 0.500. The third-order valence-electron chi connectivity index (χ3n) is 5.86. The number of hydrogen-bond donors (Lipinski definition) is 1. The van der Waals surface area contributed by atoms with Gasteiger partial charge in [0.05, 0.1) is 30.2 Å². The van der Waals surface area contributed by atoms with Gasteiger partial charge in [0.2, 0.25) is 5.91 Å². The van der Waals surface area contributed by atoms with Crippen LogP contribution in [0.3, 0.4) is 0 Å². The first-order valence-electron chi connectivity index (χ1n) is 10.5. The van der Waals surface area contributed by atoms with Crippen molar-refractivity contribution in [1.82, 2.24) is 10.2 Å². The highest BCUT2D eigenvalue weighted by Gasteiger charge is 2.40. The molecule has 1 aliphatic rings. The van der Waals surface area contributed by atoms with E-state index in [0.29, 0.717) is 30.6 Å². The molecule has 2 amide bonds. The highest BCUT2D eigenvalue weighted by Crippen LogP contribution is 2.29. The van der Waals surface area contributed by atoms with E-state index >= 15 is 0 Å². The molecule has 0 saturated carbocycles. The van der Waals surface area contributed by atoms with Gasteiger partial charge in [-0.05, 0) is 63.8 Å². The van der Waals surface area contributed by atoms with Crippen LogP contribution < -0.4 is 5.32 Å². The van der Waals surface area contributed by atoms with Crippen LogP contribution in [0.5, 0.6) is 0 Å². The Labute approximate surface area is 184 Å². The number of allylic oxidation sites excluding steroid dienone is 1. The van der Waals surface area contributed by atoms with E-state index in [1.54, 1.807) is 24.3 Å². The molecular formula is C24H31N3O4. The summed E-state index contributed by atoms with van der Waals surface area (Å²) in [6.07, 6.45) is 5.53. The number of nitriles is 1. The third kappa shape index (κ3) is 6.17. The molecule has 31 heavy (non-hydrogen) atoms. The summed E-state index contributed by atoms with van der Waals surface area (Å²) < 4.78 is 4.74. The number of ether oxygens (including phenoxy) is 1. The maximum atomic E-state index is 13.3. The number of carbonyl (C=O) groups is 3. The van der Waals surface area contributed by atoms with Crippen molar-refractivity contribution in [2.75, 3.05) is 20.2 Å². The monoisotopic (exact) mass is 425 g/mol. The van der Waals surface area contributed by atoms with E-state index in [2.05, 4.69) is 5.32 Å². The van der Waals surface area contributed by atoms with Crippen LogP contribution in [0.25, 0.3) is 0 Å². The Morgan fingerprint density at radius 1 is 1.26 bits per heavy atom. The van der Waals surface area contributed by atoms with Crippen molar-refractivity contribution in [3.8, 4) is 6.07 Å². The summed E-state index contributed by atoms with van der Waals surface area (Å²) in [7, 11) is 1.39. The number of rotatable bonds is 7. The Morgan fingerprint density at radius 2 is 1.87 bits per heavy atom. The molecule has 0 aliphatic carbocycles. The van der Waals surface area contributed by atoms with Crippen molar-refractivity contribution in [1.29, 1.82) is 5.26 Å². The smallest absolute Gasteiger partial charge is 0.305 e. The second-order valence-corrected chi connectivity index (χ2v) is 8.40. The summed E-state index contributed by atoms with van der Waals surface area (Å²) in [4.78, 5) is 39.4. The van der Waals surface area contributed by atoms with E-state index in [9.17, 15) is 14.4 Å². The first-order valence-corrected chi connectivity index (χ1v) is 10.5. The SMILES string of the molecule is C/C=C/C(NC(=O)c1ccc(C#N)cc1)C(C)(C)C(=O)N1CCC(CC(=O)OC)CC1. The number of piperidine rings is 1. The Bertz CT molecular complexity index is 860. The Hall–Kier alpha value is -3.14. The van der Waals surface area contributed by atoms with Gasteiger partial charge in [0.15, 0.2) is 0 Å². The highest BCUT2D eigenvalue weighted by molar-refractivity contribution is 5.95. The maximum Gasteiger partial charge on any atom is 0.305 e. The van der Waals surface area contributed by atoms with E-state index in [-0.39, 0.29) is 23.7 Å². The molecule has 1 unspecified atom stereocenters. The lowest BCUT2D eigenvalue weighted by molar-refractivity contribution is -0.144. The molecule has 1 fully saturated rings. The molecule has 0 radical (unpaired) electrons. The van der Waals surface area contributed by atoms with Crippen LogP contribution in [0.4, 0.5) is 0 Å². The zero-order valence-electron chi connectivity index (χ0n) is 18.7. The van der Waals surface area contributed by atoms with Gasteiger partial charge in [0.1, 0.15) is 0 Å². The average molecular weight is 426 g/mol. The normalized spacial score (nSPS) is 15.9. The average Bonchev–Trinajstić information content (AvgIpc) is 2.78. The molecule has 0 bridgehead atoms. The van der Waals surface area contributed by atoms with Gasteiger partial charge in [-0.25, -0.2) is 0 Å². The van der Waals surface area contributed by atoms with Gasteiger partial charge in [-0.3, -0.25) is 14.4 Å². The highest BCUT2D eigenvalue weighted by atomic mass is 16.5. The minimum absolute atomic E-state index is 0.0350. The van der Waals surface area contributed by atoms with Gasteiger partial charge < -0.3 is 15.0 Å². The van der Waals surface area contributed by atoms with Crippen molar-refractivity contribution >= 4 is 17.8 Å². The number of nitrogens with one attached hydrogen (secondary N) is 1. The van der Waals surface area contributed by atoms with Crippen LogP contribution >= 0.6 is 0 Å². The summed E-state index contributed by atoms with van der Waals surface area (Å²) in [5.41, 5.74) is 0.0530. The molecule has 1 heterocycles. The van der Waals surface area contributed by atoms with Crippen LogP contribution in [-0.4, -0.2) is 48.9 Å². The largest absolute Gasteiger partial charge is 0.469 e. The minimum Gasteiger partial charge on any atom is -0.469 e. The van der Waals surface area contributed by atoms with Gasteiger partial charge in [0, 0.05) is 25.1 Å². The molecule has 166 valence electrons. The summed E-state index contributed by atoms with van der Waals surface area (Å²) in [5, 5.41) is 11.9. The van der Waals surface area contributed by atoms with E-state index in [4.69, 9.17) is 10.00 Å². The summed E-state index contributed by atoms with van der Waals surface area (Å²) in [6, 6.07) is 7.91. The Morgan fingerprint density at radius 3 is 2.39 bits per heavy atom. The van der Waals surface area contributed by atoms with Gasteiger partial charge >= 0.3 is 5.97 Å². The molecular weight excluding hydrogens is 394 g/mol. The quantitative estimate of drug-likeness (QED) is 0.535. The number of methoxy groups -OCH3 is 1. The van der Waals surface area contributed by atoms with Crippen LogP contribution in [0.2, 0.25) is 0 Å². The summed E-state index contributed by atoms with van der Waals surface area (Å²) in [6.45, 7) is 6.67. The first-order chi connectivity index (χ1) is 14.7. The van der Waals surface area contributed by atoms with Crippen molar-refractivity contribution < 1.29 is 19.1 Å². The fourth-order valence-corrected chi connectivity index (χ4v) is 3.78. The molecule has 7 heteroatoms. The molecule has 1 aromatic rings. The van der Waals surface area contributed by atoms with Crippen molar-refractivity contribution in [3.05, 3.63) is 47.5 Å². The summed E-state index contributed by atoms with van der Waals surface area (Å²) >= 11 is 0. The lowest BCUT2D eigenvalue weighted by Crippen LogP contribution is -2.54. The zero-order chi connectivity index (χ0) is 23.0. The number of nitrogens with zero attached hydrogens (tertiary/aromatic N) is 2. The predicted octanol–water partition coefficient (Wildman–Crippen LogP) is 3.06. The van der Waals surface area contributed by atoms with E-state index in [1.807, 2.05) is 43.9 Å². The molecule has 0 spiro atoms. The zero-order valence-corrected chi connectivity index (χ0v) is 18.7. The molecule has 0 aromatic heterocycles. The molecule has 7 nitrogen and oxygen atoms in total. The lowest BCUT2D eigenvalue weighted by Gasteiger charge is -2.39. The Balaban J connectivity index is 2.06. The molecule has 2 rings (SSSR count). The van der Waals surface area contributed by atoms with E-state index in [0.717, 1.165) is 12.8 Å². The number of amides is 2. The van der Waals surface area contributed by atoms with Crippen molar-refractivity contribution in [3.63, 3.8) is 0 Å². The van der Waals surface area contributed by atoms with Gasteiger partial charge in [-0.1, -0.05) is 12.2 Å². The van der Waals surface area contributed by atoms with Crippen LogP contribution in [-0.2, 0) is 14.3 Å². The number of carbonyl (C=O) groups excluding carboxylic acids is 3. The second-order valence-electron chi connectivity index (χ2n) is 8.40. The molecule has 1 atom stereocenters. The van der Waals surface area contributed by atoms with E-state index < -0.39 is 11.5 Å². The standard InChI is InChI=1S/C24H31N3O4/c1-5-6-20(26-22(29)19-9-7-18(16-25)8-10-19)24(2,3)23(30)27-13-11-17(12-14-27)15-21(28)31-4/h5-10,17,20H,11-15H2,1-4H3,(H,26,29)/b6-5+. The fourth-order valence-electron chi connectivity index (χ4n) is 3.78. The van der Waals surface area contributed by atoms with Crippen LogP contribution in [0.1, 0.15) is 56.0 Å². The third-order valence-corrected chi connectivity index (χ3v) is 5.86. The predicted molar refractivity (Wildman–Crippen MR) is 117 cm³/mol. The summed E-state index contributed by atoms with van der Waals surface area (Å²) in [5.74, 6) is -0.330. The molecule has 1 saturated heterocycles. The van der Waals surface area contributed by atoms with Gasteiger partial charge in [-0.15, -0.1) is 0 Å². The second kappa shape index (κ2) is 10.8.